The smallest absolute Gasteiger partial charge is 0.217 e. The molecule has 0 atom stereocenters. The van der Waals surface area contributed by atoms with E-state index in [-0.39, 0.29) is 11.7 Å². The molecule has 0 aliphatic heterocycles. The van der Waals surface area contributed by atoms with Crippen LogP contribution >= 0.6 is 0 Å². The largest absolute Gasteiger partial charge is 0.507 e. The van der Waals surface area contributed by atoms with Gasteiger partial charge in [-0.15, -0.1) is 0 Å². The van der Waals surface area contributed by atoms with Crippen LogP contribution in [0.3, 0.4) is 0 Å². The Morgan fingerprint density at radius 1 is 1.14 bits per heavy atom. The first-order chi connectivity index (χ1) is 13.4. The lowest BCUT2D eigenvalue weighted by atomic mass is 9.77. The summed E-state index contributed by atoms with van der Waals surface area (Å²) in [7, 11) is 0. The van der Waals surface area contributed by atoms with Crippen LogP contribution in [-0.2, 0) is 11.2 Å². The summed E-state index contributed by atoms with van der Waals surface area (Å²) in [5.74, 6) is 0.839. The summed E-state index contributed by atoms with van der Waals surface area (Å²) in [6.45, 7) is 5.52. The van der Waals surface area contributed by atoms with E-state index in [1.165, 1.54) is 0 Å². The minimum absolute atomic E-state index is 0.0404. The Bertz CT molecular complexity index is 1030. The van der Waals surface area contributed by atoms with Gasteiger partial charge in [-0.3, -0.25) is 4.79 Å². The van der Waals surface area contributed by atoms with Gasteiger partial charge >= 0.3 is 0 Å². The summed E-state index contributed by atoms with van der Waals surface area (Å²) in [6.07, 6.45) is 2.90. The van der Waals surface area contributed by atoms with Crippen molar-refractivity contribution in [1.29, 1.82) is 0 Å². The van der Waals surface area contributed by atoms with Crippen molar-refractivity contribution in [3.63, 3.8) is 0 Å². The first-order valence-corrected chi connectivity index (χ1v) is 9.73. The maximum Gasteiger partial charge on any atom is 0.217 e. The van der Waals surface area contributed by atoms with Crippen LogP contribution in [-0.4, -0.2) is 27.0 Å². The van der Waals surface area contributed by atoms with Gasteiger partial charge in [0.1, 0.15) is 5.75 Å². The molecule has 144 valence electrons. The molecule has 2 heterocycles. The number of carbonyl (C=O) groups excluding carboxylic acids is 1. The fourth-order valence-corrected chi connectivity index (χ4v) is 4.17. The van der Waals surface area contributed by atoms with Gasteiger partial charge in [0.05, 0.1) is 5.69 Å². The molecule has 28 heavy (non-hydrogen) atoms. The van der Waals surface area contributed by atoms with Gasteiger partial charge in [-0.05, 0) is 80.5 Å². The van der Waals surface area contributed by atoms with Gasteiger partial charge in [0.2, 0.25) is 5.91 Å². The van der Waals surface area contributed by atoms with Crippen LogP contribution in [0, 0.1) is 19.8 Å². The molecule has 0 spiro atoms. The molecular weight excluding hydrogens is 350 g/mol. The highest BCUT2D eigenvalue weighted by atomic mass is 16.3. The Hall–Kier alpha value is -2.95. The van der Waals surface area contributed by atoms with Crippen molar-refractivity contribution in [2.24, 2.45) is 5.92 Å². The Labute approximate surface area is 164 Å². The Kier molecular flexibility index (Phi) is 4.75. The summed E-state index contributed by atoms with van der Waals surface area (Å²) in [6, 6.07) is 12.2. The number of aromatic hydroxyl groups is 1. The van der Waals surface area contributed by atoms with Gasteiger partial charge < -0.3 is 10.4 Å². The predicted octanol–water partition coefficient (Wildman–Crippen LogP) is 4.08. The molecule has 3 aromatic rings. The molecule has 1 aliphatic carbocycles. The van der Waals surface area contributed by atoms with Crippen LogP contribution < -0.4 is 5.32 Å². The second kappa shape index (κ2) is 7.23. The summed E-state index contributed by atoms with van der Waals surface area (Å²) >= 11 is 0. The summed E-state index contributed by atoms with van der Waals surface area (Å²) in [4.78, 5) is 20.6. The van der Waals surface area contributed by atoms with E-state index in [9.17, 15) is 9.90 Å². The van der Waals surface area contributed by atoms with Crippen molar-refractivity contribution in [3.8, 4) is 17.0 Å². The van der Waals surface area contributed by atoms with E-state index >= 15 is 0 Å². The van der Waals surface area contributed by atoms with Crippen LogP contribution in [0.4, 0.5) is 0 Å². The van der Waals surface area contributed by atoms with Crippen molar-refractivity contribution in [3.05, 3.63) is 53.2 Å². The average molecular weight is 375 g/mol. The number of fused-ring (bicyclic) bond motifs is 1. The molecular formula is C23H25N3O2. The predicted molar refractivity (Wildman–Crippen MR) is 110 cm³/mol. The molecule has 0 bridgehead atoms. The van der Waals surface area contributed by atoms with E-state index in [0.717, 1.165) is 52.7 Å². The second-order valence-corrected chi connectivity index (χ2v) is 7.96. The zero-order valence-electron chi connectivity index (χ0n) is 16.5. The topological polar surface area (TPSA) is 75.1 Å². The molecule has 1 saturated carbocycles. The maximum atomic E-state index is 11.1. The van der Waals surface area contributed by atoms with E-state index < -0.39 is 0 Å². The molecule has 4 rings (SSSR count). The van der Waals surface area contributed by atoms with Gasteiger partial charge in [-0.1, -0.05) is 6.07 Å². The van der Waals surface area contributed by atoms with Crippen LogP contribution in [0.15, 0.2) is 36.4 Å². The first kappa shape index (κ1) is 18.4. The molecule has 1 aliphatic rings. The highest BCUT2D eigenvalue weighted by molar-refractivity contribution is 5.81. The van der Waals surface area contributed by atoms with E-state index in [1.54, 1.807) is 13.0 Å². The highest BCUT2D eigenvalue weighted by Crippen LogP contribution is 2.34. The molecule has 1 fully saturated rings. The molecule has 5 heteroatoms. The van der Waals surface area contributed by atoms with Gasteiger partial charge in [0.15, 0.2) is 5.65 Å². The van der Waals surface area contributed by atoms with E-state index in [1.807, 2.05) is 32.0 Å². The summed E-state index contributed by atoms with van der Waals surface area (Å²) in [5, 5.41) is 14.4. The SMILES string of the molecule is CC(=O)NC1CC(Cc2ccc3ccc(-c4c(C)cc(C)cc4O)nc3n2)C1. The number of phenols is 1. The average Bonchev–Trinajstić information content (AvgIpc) is 2.58. The normalized spacial score (nSPS) is 18.7. The molecule has 1 amide bonds. The number of phenolic OH excluding ortho intramolecular Hbond substituents is 1. The number of amides is 1. The van der Waals surface area contributed by atoms with Gasteiger partial charge in [0.25, 0.3) is 0 Å². The second-order valence-electron chi connectivity index (χ2n) is 7.96. The lowest BCUT2D eigenvalue weighted by Crippen LogP contribution is -2.44. The molecule has 0 saturated heterocycles. The molecule has 0 unspecified atom stereocenters. The molecule has 2 aromatic heterocycles. The maximum absolute atomic E-state index is 11.1. The zero-order chi connectivity index (χ0) is 19.8. The quantitative estimate of drug-likeness (QED) is 0.721. The lowest BCUT2D eigenvalue weighted by molar-refractivity contribution is -0.120. The fourth-order valence-electron chi connectivity index (χ4n) is 4.17. The molecule has 2 N–H and O–H groups in total. The number of hydrogen-bond donors (Lipinski definition) is 2. The number of pyridine rings is 2. The third-order valence-corrected chi connectivity index (χ3v) is 5.47. The van der Waals surface area contributed by atoms with Crippen LogP contribution in [0.5, 0.6) is 5.75 Å². The van der Waals surface area contributed by atoms with Crippen molar-refractivity contribution in [2.45, 2.75) is 46.1 Å². The van der Waals surface area contributed by atoms with Crippen LogP contribution in [0.25, 0.3) is 22.3 Å². The minimum Gasteiger partial charge on any atom is -0.507 e. The van der Waals surface area contributed by atoms with E-state index in [0.29, 0.717) is 17.6 Å². The number of rotatable bonds is 4. The number of carbonyl (C=O) groups is 1. The minimum atomic E-state index is 0.0404. The monoisotopic (exact) mass is 375 g/mol. The van der Waals surface area contributed by atoms with Crippen LogP contribution in [0.1, 0.15) is 36.6 Å². The van der Waals surface area contributed by atoms with E-state index in [2.05, 4.69) is 17.4 Å². The highest BCUT2D eigenvalue weighted by Gasteiger charge is 2.29. The van der Waals surface area contributed by atoms with Crippen molar-refractivity contribution >= 4 is 16.9 Å². The van der Waals surface area contributed by atoms with Gasteiger partial charge in [-0.2, -0.15) is 0 Å². The van der Waals surface area contributed by atoms with E-state index in [4.69, 9.17) is 9.97 Å². The van der Waals surface area contributed by atoms with Crippen LogP contribution in [0.2, 0.25) is 0 Å². The first-order valence-electron chi connectivity index (χ1n) is 9.73. The summed E-state index contributed by atoms with van der Waals surface area (Å²) < 4.78 is 0. The molecule has 0 radical (unpaired) electrons. The molecule has 5 nitrogen and oxygen atoms in total. The fraction of sp³-hybridized carbons (Fsp3) is 0.348. The van der Waals surface area contributed by atoms with Crippen molar-refractivity contribution in [2.75, 3.05) is 0 Å². The standard InChI is InChI=1S/C23H25N3O2/c1-13-8-14(2)22(21(28)9-13)20-7-5-17-4-6-18(25-23(17)26-20)10-16-11-19(12-16)24-15(3)27/h4-9,16,19,28H,10-12H2,1-3H3,(H,24,27). The Balaban J connectivity index is 1.57. The summed E-state index contributed by atoms with van der Waals surface area (Å²) in [5.41, 5.74) is 5.25. The Morgan fingerprint density at radius 3 is 2.61 bits per heavy atom. The van der Waals surface area contributed by atoms with Crippen molar-refractivity contribution < 1.29 is 9.90 Å². The number of benzene rings is 1. The third kappa shape index (κ3) is 3.70. The van der Waals surface area contributed by atoms with Gasteiger partial charge in [-0.25, -0.2) is 9.97 Å². The number of nitrogens with one attached hydrogen (secondary N) is 1. The third-order valence-electron chi connectivity index (χ3n) is 5.47. The molecule has 1 aromatic carbocycles. The van der Waals surface area contributed by atoms with Crippen molar-refractivity contribution in [1.82, 2.24) is 15.3 Å². The zero-order valence-corrected chi connectivity index (χ0v) is 16.5. The number of aromatic nitrogens is 2. The lowest BCUT2D eigenvalue weighted by Gasteiger charge is -2.35. The van der Waals surface area contributed by atoms with Gasteiger partial charge in [0, 0.05) is 29.6 Å². The number of nitrogens with zero attached hydrogens (tertiary/aromatic N) is 2. The number of hydrogen-bond acceptors (Lipinski definition) is 4. The number of aryl methyl sites for hydroxylation is 2. The Morgan fingerprint density at radius 2 is 1.89 bits per heavy atom.